The molecule has 0 saturated carbocycles. The molecule has 0 heterocycles. The third-order valence-corrected chi connectivity index (χ3v) is 3.70. The molecule has 0 unspecified atom stereocenters. The van der Waals surface area contributed by atoms with E-state index in [1.807, 2.05) is 5.32 Å². The minimum absolute atomic E-state index is 0.0483. The summed E-state index contributed by atoms with van der Waals surface area (Å²) in [5.41, 5.74) is -0.676. The smallest absolute Gasteiger partial charge is 0.387 e. The lowest BCUT2D eigenvalue weighted by Crippen LogP contribution is -2.40. The molecule has 2 aromatic carbocycles. The molecule has 2 aromatic rings. The number of rotatable bonds is 8. The minimum atomic E-state index is -3.03. The van der Waals surface area contributed by atoms with Crippen molar-refractivity contribution in [3.05, 3.63) is 59.4 Å². The van der Waals surface area contributed by atoms with Crippen molar-refractivity contribution in [2.24, 2.45) is 0 Å². The highest BCUT2D eigenvalue weighted by Gasteiger charge is 2.20. The Morgan fingerprint density at radius 1 is 0.968 bits per heavy atom. The van der Waals surface area contributed by atoms with E-state index in [0.717, 1.165) is 30.3 Å². The molecule has 0 aliphatic carbocycles. The van der Waals surface area contributed by atoms with Crippen molar-refractivity contribution in [3.8, 4) is 5.75 Å². The molecule has 1 atom stereocenters. The highest BCUT2D eigenvalue weighted by molar-refractivity contribution is 5.96. The van der Waals surface area contributed by atoms with Crippen LogP contribution in [-0.4, -0.2) is 37.0 Å². The Balaban J connectivity index is 1.84. The molecule has 2 N–H and O–H groups in total. The first-order valence-electron chi connectivity index (χ1n) is 8.55. The zero-order valence-corrected chi connectivity index (χ0v) is 15.8. The first-order chi connectivity index (χ1) is 14.6. The number of hydrogen-bond donors (Lipinski definition) is 2. The van der Waals surface area contributed by atoms with Gasteiger partial charge in [0.05, 0.1) is 17.8 Å². The summed E-state index contributed by atoms with van der Waals surface area (Å²) in [6, 6.07) is 5.92. The Morgan fingerprint density at radius 3 is 2.23 bits per heavy atom. The fourth-order valence-corrected chi connectivity index (χ4v) is 2.18. The summed E-state index contributed by atoms with van der Waals surface area (Å²) in [4.78, 5) is 35.7. The molecule has 0 spiro atoms. The second-order valence-electron chi connectivity index (χ2n) is 5.94. The predicted octanol–water partition coefficient (Wildman–Crippen LogP) is 3.01. The van der Waals surface area contributed by atoms with Gasteiger partial charge in [-0.1, -0.05) is 0 Å². The number of ether oxygens (including phenoxy) is 2. The maximum Gasteiger partial charge on any atom is 0.387 e. The highest BCUT2D eigenvalue weighted by atomic mass is 19.3. The largest absolute Gasteiger partial charge is 0.449 e. The van der Waals surface area contributed by atoms with Crippen LogP contribution in [0.3, 0.4) is 0 Å². The lowest BCUT2D eigenvalue weighted by Gasteiger charge is -2.14. The topological polar surface area (TPSA) is 93.7 Å². The van der Waals surface area contributed by atoms with E-state index in [1.165, 1.54) is 6.92 Å². The van der Waals surface area contributed by atoms with Crippen LogP contribution in [0.1, 0.15) is 17.3 Å². The number of anilines is 1. The van der Waals surface area contributed by atoms with E-state index in [-0.39, 0.29) is 11.3 Å². The van der Waals surface area contributed by atoms with E-state index in [0.29, 0.717) is 6.07 Å². The molecule has 0 saturated heterocycles. The molecule has 0 radical (unpaired) electrons. The quantitative estimate of drug-likeness (QED) is 0.370. The van der Waals surface area contributed by atoms with Crippen molar-refractivity contribution in [2.45, 2.75) is 19.6 Å². The number of halogens is 5. The zero-order chi connectivity index (χ0) is 23.1. The normalized spacial score (nSPS) is 11.6. The van der Waals surface area contributed by atoms with Crippen molar-refractivity contribution < 1.29 is 45.8 Å². The Kier molecular flexibility index (Phi) is 7.88. The summed E-state index contributed by atoms with van der Waals surface area (Å²) in [5.74, 6) is -7.77. The second-order valence-corrected chi connectivity index (χ2v) is 5.94. The van der Waals surface area contributed by atoms with Crippen molar-refractivity contribution in [2.75, 3.05) is 11.9 Å². The van der Waals surface area contributed by atoms with Crippen LogP contribution in [-0.2, 0) is 14.3 Å². The van der Waals surface area contributed by atoms with Gasteiger partial charge in [-0.2, -0.15) is 8.78 Å². The van der Waals surface area contributed by atoms with Gasteiger partial charge in [-0.25, -0.2) is 18.0 Å². The number of hydrogen-bond acceptors (Lipinski definition) is 5. The van der Waals surface area contributed by atoms with Gasteiger partial charge in [-0.15, -0.1) is 0 Å². The predicted molar refractivity (Wildman–Crippen MR) is 95.9 cm³/mol. The lowest BCUT2D eigenvalue weighted by molar-refractivity contribution is -0.130. The molecular formula is C19H15F5N2O5. The van der Waals surface area contributed by atoms with Crippen molar-refractivity contribution in [3.63, 3.8) is 0 Å². The molecule has 2 amide bonds. The van der Waals surface area contributed by atoms with Crippen LogP contribution in [0.2, 0.25) is 0 Å². The fourth-order valence-electron chi connectivity index (χ4n) is 2.18. The van der Waals surface area contributed by atoms with E-state index in [9.17, 15) is 36.3 Å². The van der Waals surface area contributed by atoms with Gasteiger partial charge >= 0.3 is 12.6 Å². The average Bonchev–Trinajstić information content (AvgIpc) is 2.72. The summed E-state index contributed by atoms with van der Waals surface area (Å²) in [6.45, 7) is -2.51. The van der Waals surface area contributed by atoms with Gasteiger partial charge in [-0.3, -0.25) is 9.59 Å². The Labute approximate surface area is 172 Å². The van der Waals surface area contributed by atoms with Crippen LogP contribution in [0.25, 0.3) is 0 Å². The van der Waals surface area contributed by atoms with Crippen LogP contribution in [0.4, 0.5) is 27.6 Å². The van der Waals surface area contributed by atoms with Crippen LogP contribution in [0, 0.1) is 17.5 Å². The SMILES string of the molecule is C[C@@H](OC(=O)c1ccc(OC(F)F)cc1)C(=O)NCC(=O)Nc1ccc(F)c(F)c1F. The first kappa shape index (κ1) is 23.6. The number of esters is 1. The summed E-state index contributed by atoms with van der Waals surface area (Å²) in [5, 5.41) is 4.06. The summed E-state index contributed by atoms with van der Waals surface area (Å²) < 4.78 is 72.8. The van der Waals surface area contributed by atoms with E-state index in [1.54, 1.807) is 0 Å². The molecule has 0 bridgehead atoms. The Bertz CT molecular complexity index is 969. The van der Waals surface area contributed by atoms with Crippen LogP contribution in [0.5, 0.6) is 5.75 Å². The van der Waals surface area contributed by atoms with Gasteiger partial charge in [0.25, 0.3) is 5.91 Å². The molecule has 31 heavy (non-hydrogen) atoms. The van der Waals surface area contributed by atoms with Crippen LogP contribution >= 0.6 is 0 Å². The van der Waals surface area contributed by atoms with E-state index in [2.05, 4.69) is 10.1 Å². The van der Waals surface area contributed by atoms with Crippen molar-refractivity contribution >= 4 is 23.5 Å². The van der Waals surface area contributed by atoms with E-state index >= 15 is 0 Å². The molecule has 166 valence electrons. The maximum atomic E-state index is 13.5. The van der Waals surface area contributed by atoms with Gasteiger partial charge in [0, 0.05) is 0 Å². The van der Waals surface area contributed by atoms with Crippen molar-refractivity contribution in [1.82, 2.24) is 5.32 Å². The monoisotopic (exact) mass is 446 g/mol. The standard InChI is InChI=1S/C19H15F5N2O5/c1-9(30-18(29)10-2-4-11(5-3-10)31-19(23)24)17(28)25-8-14(27)26-13-7-6-12(20)15(21)16(13)22/h2-7,9,19H,8H2,1H3,(H,25,28)(H,26,27)/t9-/m1/s1. The number of carbonyl (C=O) groups is 3. The fraction of sp³-hybridized carbons (Fsp3) is 0.211. The van der Waals surface area contributed by atoms with E-state index in [4.69, 9.17) is 4.74 Å². The van der Waals surface area contributed by atoms with Gasteiger partial charge in [-0.05, 0) is 43.3 Å². The molecule has 0 aliphatic rings. The highest BCUT2D eigenvalue weighted by Crippen LogP contribution is 2.19. The molecule has 7 nitrogen and oxygen atoms in total. The summed E-state index contributed by atoms with van der Waals surface area (Å²) in [7, 11) is 0. The summed E-state index contributed by atoms with van der Waals surface area (Å²) in [6.07, 6.45) is -1.35. The molecule has 0 aromatic heterocycles. The van der Waals surface area contributed by atoms with E-state index < -0.39 is 60.2 Å². The Hall–Kier alpha value is -3.70. The maximum absolute atomic E-state index is 13.5. The molecular weight excluding hydrogens is 431 g/mol. The number of alkyl halides is 2. The number of nitrogens with one attached hydrogen (secondary N) is 2. The molecule has 0 aliphatic heterocycles. The molecule has 12 heteroatoms. The van der Waals surface area contributed by atoms with Crippen molar-refractivity contribution in [1.29, 1.82) is 0 Å². The lowest BCUT2D eigenvalue weighted by atomic mass is 10.2. The van der Waals surface area contributed by atoms with Gasteiger partial charge in [0.2, 0.25) is 5.91 Å². The average molecular weight is 446 g/mol. The first-order valence-corrected chi connectivity index (χ1v) is 8.55. The zero-order valence-electron chi connectivity index (χ0n) is 15.8. The third-order valence-electron chi connectivity index (χ3n) is 3.70. The second kappa shape index (κ2) is 10.4. The van der Waals surface area contributed by atoms with Gasteiger partial charge in [0.15, 0.2) is 23.6 Å². The third kappa shape index (κ3) is 6.66. The number of amides is 2. The molecule has 0 fully saturated rings. The summed E-state index contributed by atoms with van der Waals surface area (Å²) >= 11 is 0. The molecule has 2 rings (SSSR count). The van der Waals surface area contributed by atoms with Gasteiger partial charge < -0.3 is 20.1 Å². The van der Waals surface area contributed by atoms with Gasteiger partial charge in [0.1, 0.15) is 5.75 Å². The van der Waals surface area contributed by atoms with Crippen LogP contribution in [0.15, 0.2) is 36.4 Å². The number of carbonyl (C=O) groups excluding carboxylic acids is 3. The Morgan fingerprint density at radius 2 is 1.61 bits per heavy atom. The minimum Gasteiger partial charge on any atom is -0.449 e. The number of benzene rings is 2. The van der Waals surface area contributed by atoms with Crippen LogP contribution < -0.4 is 15.4 Å².